The Kier molecular flexibility index (Phi) is 2.33. The van der Waals surface area contributed by atoms with Crippen molar-refractivity contribution < 1.29 is 9.53 Å². The first kappa shape index (κ1) is 10.6. The predicted octanol–water partition coefficient (Wildman–Crippen LogP) is 1.40. The molecule has 0 aromatic heterocycles. The van der Waals surface area contributed by atoms with Crippen LogP contribution in [0.15, 0.2) is 18.2 Å². The Morgan fingerprint density at radius 1 is 1.41 bits per heavy atom. The van der Waals surface area contributed by atoms with Crippen LogP contribution in [0.2, 0.25) is 0 Å². The second-order valence-corrected chi connectivity index (χ2v) is 4.83. The molecule has 17 heavy (non-hydrogen) atoms. The van der Waals surface area contributed by atoms with Crippen LogP contribution in [0.1, 0.15) is 5.56 Å². The lowest BCUT2D eigenvalue weighted by Gasteiger charge is -2.27. The number of fused-ring (bicyclic) bond motifs is 2. The molecule has 3 rings (SSSR count). The maximum atomic E-state index is 12.1. The third-order valence-electron chi connectivity index (χ3n) is 3.68. The van der Waals surface area contributed by atoms with E-state index in [4.69, 9.17) is 4.74 Å². The molecule has 2 aliphatic heterocycles. The maximum absolute atomic E-state index is 12.1. The van der Waals surface area contributed by atoms with E-state index in [0.29, 0.717) is 13.2 Å². The van der Waals surface area contributed by atoms with Crippen molar-refractivity contribution >= 4 is 17.3 Å². The van der Waals surface area contributed by atoms with Gasteiger partial charge in [0.2, 0.25) is 5.91 Å². The third kappa shape index (κ3) is 1.60. The number of nitrogens with one attached hydrogen (secondary N) is 1. The van der Waals surface area contributed by atoms with Gasteiger partial charge in [0, 0.05) is 7.05 Å². The summed E-state index contributed by atoms with van der Waals surface area (Å²) < 4.78 is 5.43. The van der Waals surface area contributed by atoms with Crippen LogP contribution in [0, 0.1) is 12.8 Å². The Labute approximate surface area is 101 Å². The first-order valence-corrected chi connectivity index (χ1v) is 5.89. The first-order chi connectivity index (χ1) is 8.16. The molecule has 1 amide bonds. The van der Waals surface area contributed by atoms with E-state index in [1.165, 1.54) is 5.56 Å². The summed E-state index contributed by atoms with van der Waals surface area (Å²) >= 11 is 0. The van der Waals surface area contributed by atoms with Crippen LogP contribution in [0.25, 0.3) is 0 Å². The van der Waals surface area contributed by atoms with Crippen molar-refractivity contribution in [2.75, 3.05) is 30.5 Å². The second-order valence-electron chi connectivity index (χ2n) is 4.83. The van der Waals surface area contributed by atoms with Crippen molar-refractivity contribution in [1.29, 1.82) is 0 Å². The van der Waals surface area contributed by atoms with Crippen LogP contribution in [-0.4, -0.2) is 32.2 Å². The number of anilines is 2. The van der Waals surface area contributed by atoms with Crippen LogP contribution >= 0.6 is 0 Å². The molecule has 1 aromatic carbocycles. The summed E-state index contributed by atoms with van der Waals surface area (Å²) in [6, 6.07) is 6.25. The van der Waals surface area contributed by atoms with E-state index in [-0.39, 0.29) is 17.9 Å². The summed E-state index contributed by atoms with van der Waals surface area (Å²) in [5.41, 5.74) is 3.18. The highest BCUT2D eigenvalue weighted by Crippen LogP contribution is 2.35. The number of benzene rings is 1. The van der Waals surface area contributed by atoms with E-state index in [1.54, 1.807) is 0 Å². The summed E-state index contributed by atoms with van der Waals surface area (Å²) in [4.78, 5) is 14.2. The molecule has 0 radical (unpaired) electrons. The Morgan fingerprint density at radius 2 is 2.24 bits per heavy atom. The molecular weight excluding hydrogens is 216 g/mol. The normalized spacial score (nSPS) is 27.2. The minimum atomic E-state index is -0.0623. The van der Waals surface area contributed by atoms with Gasteiger partial charge in [0.15, 0.2) is 0 Å². The summed E-state index contributed by atoms with van der Waals surface area (Å²) in [7, 11) is 2.03. The lowest BCUT2D eigenvalue weighted by atomic mass is 10.0. The highest BCUT2D eigenvalue weighted by molar-refractivity contribution is 5.98. The van der Waals surface area contributed by atoms with E-state index in [9.17, 15) is 4.79 Å². The zero-order valence-corrected chi connectivity index (χ0v) is 10.1. The fourth-order valence-electron chi connectivity index (χ4n) is 2.62. The molecule has 4 heteroatoms. The number of carbonyl (C=O) groups excluding carboxylic acids is 1. The monoisotopic (exact) mass is 232 g/mol. The van der Waals surface area contributed by atoms with Crippen molar-refractivity contribution in [3.8, 4) is 0 Å². The van der Waals surface area contributed by atoms with Crippen LogP contribution in [0.4, 0.5) is 11.4 Å². The molecule has 2 aliphatic rings. The van der Waals surface area contributed by atoms with Gasteiger partial charge in [-0.1, -0.05) is 6.07 Å². The molecule has 1 aromatic rings. The fraction of sp³-hybridized carbons (Fsp3) is 0.462. The van der Waals surface area contributed by atoms with Crippen LogP contribution in [0.3, 0.4) is 0 Å². The van der Waals surface area contributed by atoms with Gasteiger partial charge in [-0.2, -0.15) is 0 Å². The predicted molar refractivity (Wildman–Crippen MR) is 66.3 cm³/mol. The van der Waals surface area contributed by atoms with E-state index in [0.717, 1.165) is 11.4 Å². The molecule has 0 spiro atoms. The fourth-order valence-corrected chi connectivity index (χ4v) is 2.62. The van der Waals surface area contributed by atoms with Crippen molar-refractivity contribution in [2.45, 2.75) is 13.0 Å². The number of nitrogens with zero attached hydrogens (tertiary/aromatic N) is 1. The van der Waals surface area contributed by atoms with Gasteiger partial charge < -0.3 is 15.0 Å². The minimum absolute atomic E-state index is 0.0623. The quantitative estimate of drug-likeness (QED) is 0.735. The van der Waals surface area contributed by atoms with Gasteiger partial charge in [0.05, 0.1) is 36.5 Å². The van der Waals surface area contributed by atoms with E-state index in [1.807, 2.05) is 19.2 Å². The van der Waals surface area contributed by atoms with Gasteiger partial charge in [-0.3, -0.25) is 4.79 Å². The van der Waals surface area contributed by atoms with Gasteiger partial charge in [0.25, 0.3) is 0 Å². The molecule has 2 unspecified atom stereocenters. The third-order valence-corrected chi connectivity index (χ3v) is 3.68. The van der Waals surface area contributed by atoms with Crippen molar-refractivity contribution in [2.24, 2.45) is 5.92 Å². The van der Waals surface area contributed by atoms with Gasteiger partial charge in [-0.25, -0.2) is 0 Å². The average molecular weight is 232 g/mol. The van der Waals surface area contributed by atoms with Gasteiger partial charge in [-0.05, 0) is 24.6 Å². The summed E-state index contributed by atoms with van der Waals surface area (Å²) in [6.07, 6.45) is 0. The SMILES string of the molecule is Cc1ccc2c(c1)N(C)C1COCC1C(=O)N2. The van der Waals surface area contributed by atoms with E-state index in [2.05, 4.69) is 23.2 Å². The zero-order valence-electron chi connectivity index (χ0n) is 10.1. The van der Waals surface area contributed by atoms with Gasteiger partial charge in [0.1, 0.15) is 0 Å². The van der Waals surface area contributed by atoms with Crippen LogP contribution < -0.4 is 10.2 Å². The Hall–Kier alpha value is -1.55. The minimum Gasteiger partial charge on any atom is -0.378 e. The Morgan fingerprint density at radius 3 is 3.06 bits per heavy atom. The Balaban J connectivity index is 2.09. The molecule has 2 atom stereocenters. The number of hydrogen-bond donors (Lipinski definition) is 1. The smallest absolute Gasteiger partial charge is 0.232 e. The number of carbonyl (C=O) groups is 1. The molecule has 0 aliphatic carbocycles. The van der Waals surface area contributed by atoms with Gasteiger partial charge in [-0.15, -0.1) is 0 Å². The number of likely N-dealkylation sites (N-methyl/N-ethyl adjacent to an activating group) is 1. The van der Waals surface area contributed by atoms with Crippen molar-refractivity contribution in [1.82, 2.24) is 0 Å². The average Bonchev–Trinajstić information content (AvgIpc) is 2.76. The van der Waals surface area contributed by atoms with Crippen LogP contribution in [0.5, 0.6) is 0 Å². The number of ether oxygens (including phenoxy) is 1. The first-order valence-electron chi connectivity index (χ1n) is 5.89. The summed E-state index contributed by atoms with van der Waals surface area (Å²) in [5.74, 6) is 0.00894. The van der Waals surface area contributed by atoms with Crippen LogP contribution in [-0.2, 0) is 9.53 Å². The molecule has 90 valence electrons. The zero-order chi connectivity index (χ0) is 12.0. The topological polar surface area (TPSA) is 41.6 Å². The molecule has 0 bridgehead atoms. The second kappa shape index (κ2) is 3.74. The lowest BCUT2D eigenvalue weighted by Crippen LogP contribution is -2.40. The largest absolute Gasteiger partial charge is 0.378 e. The molecule has 4 nitrogen and oxygen atoms in total. The van der Waals surface area contributed by atoms with Crippen molar-refractivity contribution in [3.63, 3.8) is 0 Å². The molecule has 0 saturated carbocycles. The summed E-state index contributed by atoms with van der Waals surface area (Å²) in [6.45, 7) is 3.21. The molecule has 1 fully saturated rings. The number of aryl methyl sites for hydroxylation is 1. The molecular formula is C13H16N2O2. The lowest BCUT2D eigenvalue weighted by molar-refractivity contribution is -0.120. The maximum Gasteiger partial charge on any atom is 0.232 e. The summed E-state index contributed by atoms with van der Waals surface area (Å²) in [5, 5.41) is 2.99. The van der Waals surface area contributed by atoms with Gasteiger partial charge >= 0.3 is 0 Å². The standard InChI is InChI=1S/C13H16N2O2/c1-8-3-4-10-11(5-8)15(2)12-7-17-6-9(12)13(16)14-10/h3-5,9,12H,6-7H2,1-2H3,(H,14,16). The number of amides is 1. The molecule has 1 saturated heterocycles. The number of hydrogen-bond acceptors (Lipinski definition) is 3. The molecule has 2 heterocycles. The van der Waals surface area contributed by atoms with Crippen molar-refractivity contribution in [3.05, 3.63) is 23.8 Å². The van der Waals surface area contributed by atoms with E-state index < -0.39 is 0 Å². The highest BCUT2D eigenvalue weighted by Gasteiger charge is 2.39. The molecule has 1 N–H and O–H groups in total. The highest BCUT2D eigenvalue weighted by atomic mass is 16.5. The Bertz CT molecular complexity index is 472. The number of rotatable bonds is 0. The van der Waals surface area contributed by atoms with E-state index >= 15 is 0 Å².